The first kappa shape index (κ1) is 20.7. The Morgan fingerprint density at radius 3 is 1.85 bits per heavy atom. The predicted molar refractivity (Wildman–Crippen MR) is 116 cm³/mol. The Bertz CT molecular complexity index is 592. The maximum Gasteiger partial charge on any atom is 0.133 e. The van der Waals surface area contributed by atoms with E-state index >= 15 is 0 Å². The zero-order valence-corrected chi connectivity index (χ0v) is 18.3. The molecule has 2 aliphatic rings. The Kier molecular flexibility index (Phi) is 7.61. The lowest BCUT2D eigenvalue weighted by Crippen LogP contribution is -2.39. The molecule has 0 amide bonds. The molecule has 0 saturated heterocycles. The third-order valence-electron chi connectivity index (χ3n) is 6.45. The Labute approximate surface area is 166 Å². The average molecular weight is 390 g/mol. The first-order chi connectivity index (χ1) is 13.1. The van der Waals surface area contributed by atoms with E-state index in [1.54, 1.807) is 12.5 Å². The van der Waals surface area contributed by atoms with Crippen molar-refractivity contribution < 1.29 is 8.83 Å². The van der Waals surface area contributed by atoms with Gasteiger partial charge in [0.25, 0.3) is 0 Å². The molecule has 3 unspecified atom stereocenters. The first-order valence-corrected chi connectivity index (χ1v) is 12.0. The van der Waals surface area contributed by atoms with Gasteiger partial charge >= 0.3 is 0 Å². The topological polar surface area (TPSA) is 29.5 Å². The van der Waals surface area contributed by atoms with E-state index in [4.69, 9.17) is 8.83 Å². The maximum absolute atomic E-state index is 5.82. The molecule has 0 spiro atoms. The van der Waals surface area contributed by atoms with Gasteiger partial charge in [-0.05, 0) is 75.6 Å². The van der Waals surface area contributed by atoms with Crippen LogP contribution in [0.25, 0.3) is 0 Å². The quantitative estimate of drug-likeness (QED) is 0.622. The zero-order chi connectivity index (χ0) is 19.2. The molecule has 2 saturated carbocycles. The molecule has 2 heterocycles. The molecule has 27 heavy (non-hydrogen) atoms. The Morgan fingerprint density at radius 2 is 1.44 bits per heavy atom. The fraction of sp³-hybridized carbons (Fsp3) is 0.652. The average Bonchev–Trinajstić information content (AvgIpc) is 3.46. The highest BCUT2D eigenvalue weighted by molar-refractivity contribution is 7.72. The van der Waals surface area contributed by atoms with Crippen molar-refractivity contribution in [2.75, 3.05) is 14.1 Å². The van der Waals surface area contributed by atoms with Crippen LogP contribution in [0.5, 0.6) is 0 Å². The largest absolute Gasteiger partial charge is 0.464 e. The van der Waals surface area contributed by atoms with E-state index in [0.29, 0.717) is 23.5 Å². The van der Waals surface area contributed by atoms with Crippen LogP contribution in [0.2, 0.25) is 0 Å². The van der Waals surface area contributed by atoms with Gasteiger partial charge in [0.15, 0.2) is 0 Å². The van der Waals surface area contributed by atoms with E-state index in [0.717, 1.165) is 11.0 Å². The molecule has 0 radical (unpaired) electrons. The van der Waals surface area contributed by atoms with Crippen molar-refractivity contribution in [1.29, 1.82) is 0 Å². The van der Waals surface area contributed by atoms with Crippen molar-refractivity contribution in [3.63, 3.8) is 0 Å². The third-order valence-corrected chi connectivity index (χ3v) is 9.39. The molecule has 2 aromatic heterocycles. The molecule has 2 aromatic rings. The summed E-state index contributed by atoms with van der Waals surface area (Å²) < 4.78 is 11.6. The lowest BCUT2D eigenvalue weighted by Gasteiger charge is -2.35. The van der Waals surface area contributed by atoms with Gasteiger partial charge in [0, 0.05) is 14.0 Å². The van der Waals surface area contributed by atoms with Crippen LogP contribution in [0.3, 0.4) is 0 Å². The Hall–Kier alpha value is -1.05. The molecule has 0 aliphatic heterocycles. The number of hydrogen-bond acceptors (Lipinski definition) is 3. The summed E-state index contributed by atoms with van der Waals surface area (Å²) in [6, 6.07) is 8.81. The van der Waals surface area contributed by atoms with Crippen LogP contribution in [0.4, 0.5) is 0 Å². The molecule has 4 atom stereocenters. The standard InChI is InChI=1S/C18H26NO2P.C5H10/c1-13-9-10-15(14(2)19(3)4)18(13)22(16-7-5-11-20-16)17-8-6-12-21-17;1-2-4-5-3-1/h5-8,11-15,18H,9-10H2,1-4H3;1-5H2/t13?,14-,15?,18?;/m0./s1. The van der Waals surface area contributed by atoms with Crippen LogP contribution in [0.1, 0.15) is 58.8 Å². The summed E-state index contributed by atoms with van der Waals surface area (Å²) in [5.74, 6) is 1.39. The minimum atomic E-state index is -0.574. The highest BCUT2D eigenvalue weighted by atomic mass is 31.1. The number of furan rings is 2. The highest BCUT2D eigenvalue weighted by Gasteiger charge is 2.44. The molecule has 0 bridgehead atoms. The second kappa shape index (κ2) is 9.94. The minimum Gasteiger partial charge on any atom is -0.464 e. The first-order valence-electron chi connectivity index (χ1n) is 10.6. The fourth-order valence-corrected chi connectivity index (χ4v) is 7.76. The summed E-state index contributed by atoms with van der Waals surface area (Å²) in [6.45, 7) is 4.75. The second-order valence-corrected chi connectivity index (χ2v) is 10.7. The van der Waals surface area contributed by atoms with Crippen LogP contribution < -0.4 is 11.0 Å². The normalized spacial score (nSPS) is 26.4. The smallest absolute Gasteiger partial charge is 0.133 e. The molecule has 2 aliphatic carbocycles. The van der Waals surface area contributed by atoms with E-state index in [9.17, 15) is 0 Å². The van der Waals surface area contributed by atoms with E-state index in [1.807, 2.05) is 12.1 Å². The molecule has 4 rings (SSSR count). The van der Waals surface area contributed by atoms with Gasteiger partial charge in [-0.1, -0.05) is 39.0 Å². The van der Waals surface area contributed by atoms with E-state index in [2.05, 4.69) is 45.0 Å². The van der Waals surface area contributed by atoms with Crippen molar-refractivity contribution in [1.82, 2.24) is 4.90 Å². The highest BCUT2D eigenvalue weighted by Crippen LogP contribution is 2.54. The maximum atomic E-state index is 5.82. The van der Waals surface area contributed by atoms with Gasteiger partial charge in [-0.2, -0.15) is 0 Å². The minimum absolute atomic E-state index is 0.574. The lowest BCUT2D eigenvalue weighted by molar-refractivity contribution is 0.229. The van der Waals surface area contributed by atoms with Gasteiger partial charge in [0.2, 0.25) is 0 Å². The molecule has 0 aromatic carbocycles. The molecule has 0 N–H and O–H groups in total. The fourth-order valence-electron chi connectivity index (χ4n) is 4.67. The summed E-state index contributed by atoms with van der Waals surface area (Å²) in [7, 11) is 3.80. The van der Waals surface area contributed by atoms with Crippen molar-refractivity contribution in [3.8, 4) is 0 Å². The molecule has 3 nitrogen and oxygen atoms in total. The van der Waals surface area contributed by atoms with Crippen LogP contribution in [0.15, 0.2) is 45.6 Å². The van der Waals surface area contributed by atoms with Crippen molar-refractivity contribution >= 4 is 18.9 Å². The van der Waals surface area contributed by atoms with Gasteiger partial charge in [-0.15, -0.1) is 0 Å². The molecular weight excluding hydrogens is 353 g/mol. The van der Waals surface area contributed by atoms with E-state index in [1.165, 1.54) is 44.9 Å². The summed E-state index contributed by atoms with van der Waals surface area (Å²) in [5, 5.41) is 0. The summed E-state index contributed by atoms with van der Waals surface area (Å²) >= 11 is 0. The zero-order valence-electron chi connectivity index (χ0n) is 17.4. The van der Waals surface area contributed by atoms with Crippen molar-refractivity contribution in [3.05, 3.63) is 36.8 Å². The van der Waals surface area contributed by atoms with Crippen LogP contribution in [-0.2, 0) is 0 Å². The van der Waals surface area contributed by atoms with E-state index < -0.39 is 7.92 Å². The van der Waals surface area contributed by atoms with E-state index in [-0.39, 0.29) is 0 Å². The van der Waals surface area contributed by atoms with Crippen molar-refractivity contribution in [2.45, 2.75) is 70.5 Å². The Balaban J connectivity index is 0.000000364. The molecule has 2 fully saturated rings. The van der Waals surface area contributed by atoms with Gasteiger partial charge in [0.05, 0.1) is 12.5 Å². The summed E-state index contributed by atoms with van der Waals surface area (Å²) in [6.07, 6.45) is 13.7. The molecular formula is C23H36NO2P. The van der Waals surface area contributed by atoms with Gasteiger partial charge in [-0.3, -0.25) is 0 Å². The lowest BCUT2D eigenvalue weighted by atomic mass is 9.97. The number of nitrogens with zero attached hydrogens (tertiary/aromatic N) is 1. The van der Waals surface area contributed by atoms with Crippen LogP contribution in [-0.4, -0.2) is 30.7 Å². The number of rotatable bonds is 5. The van der Waals surface area contributed by atoms with Gasteiger partial charge < -0.3 is 13.7 Å². The van der Waals surface area contributed by atoms with Crippen molar-refractivity contribution in [2.24, 2.45) is 11.8 Å². The Morgan fingerprint density at radius 1 is 0.926 bits per heavy atom. The molecule has 4 heteroatoms. The predicted octanol–water partition coefficient (Wildman–Crippen LogP) is 5.62. The van der Waals surface area contributed by atoms with Gasteiger partial charge in [0.1, 0.15) is 11.0 Å². The number of hydrogen-bond donors (Lipinski definition) is 0. The van der Waals surface area contributed by atoms with Crippen LogP contribution in [0, 0.1) is 11.8 Å². The second-order valence-electron chi connectivity index (χ2n) is 8.45. The summed E-state index contributed by atoms with van der Waals surface area (Å²) in [5.41, 5.74) is 2.81. The molecule has 150 valence electrons. The van der Waals surface area contributed by atoms with Crippen LogP contribution >= 0.6 is 7.92 Å². The van der Waals surface area contributed by atoms with Gasteiger partial charge in [-0.25, -0.2) is 0 Å². The SMILES string of the molecule is C1CCCC1.CC1CCC([C@H](C)N(C)C)C1P(c1ccco1)c1ccco1. The summed E-state index contributed by atoms with van der Waals surface area (Å²) in [4.78, 5) is 2.35. The monoisotopic (exact) mass is 389 g/mol. The third kappa shape index (κ3) is 5.06.